The summed E-state index contributed by atoms with van der Waals surface area (Å²) in [5, 5.41) is 10.9. The number of imidazole rings is 1. The van der Waals surface area contributed by atoms with Crippen LogP contribution >= 0.6 is 0 Å². The van der Waals surface area contributed by atoms with Gasteiger partial charge in [-0.05, 0) is 0 Å². The van der Waals surface area contributed by atoms with Crippen LogP contribution in [0.1, 0.15) is 5.82 Å². The van der Waals surface area contributed by atoms with E-state index in [-0.39, 0.29) is 0 Å². The zero-order valence-corrected chi connectivity index (χ0v) is 7.94. The number of H-pyrrole nitrogens is 1. The number of nitrogens with one attached hydrogen (secondary N) is 2. The minimum absolute atomic E-state index is 0.784. The van der Waals surface area contributed by atoms with Crippen molar-refractivity contribution in [2.75, 3.05) is 11.9 Å². The first kappa shape index (κ1) is 8.74. The molecule has 2 aromatic heterocycles. The number of anilines is 1. The van der Waals surface area contributed by atoms with Gasteiger partial charge in [-0.3, -0.25) is 0 Å². The maximum Gasteiger partial charge on any atom is 0.200 e. The van der Waals surface area contributed by atoms with E-state index in [1.807, 2.05) is 11.6 Å². The molecule has 0 atom stereocenters. The lowest BCUT2D eigenvalue weighted by Gasteiger charge is -2.01. The van der Waals surface area contributed by atoms with Crippen molar-refractivity contribution in [1.82, 2.24) is 24.7 Å². The fourth-order valence-electron chi connectivity index (χ4n) is 1.19. The lowest BCUT2D eigenvalue weighted by molar-refractivity contribution is 0.786. The number of nitrogens with zero attached hydrogens (tertiary/aromatic N) is 4. The SMILES string of the molecule is Cn1cnnc1CCNc1ncc[nH]1. The maximum absolute atomic E-state index is 4.05. The Morgan fingerprint density at radius 1 is 1.57 bits per heavy atom. The Hall–Kier alpha value is -1.85. The van der Waals surface area contributed by atoms with Crippen molar-refractivity contribution in [1.29, 1.82) is 0 Å². The van der Waals surface area contributed by atoms with Crippen LogP contribution in [0.2, 0.25) is 0 Å². The molecule has 6 heteroatoms. The summed E-state index contributed by atoms with van der Waals surface area (Å²) in [7, 11) is 1.93. The van der Waals surface area contributed by atoms with Crippen molar-refractivity contribution in [3.05, 3.63) is 24.5 Å². The van der Waals surface area contributed by atoms with E-state index in [0.29, 0.717) is 0 Å². The van der Waals surface area contributed by atoms with Gasteiger partial charge in [-0.25, -0.2) is 4.98 Å². The van der Waals surface area contributed by atoms with Crippen LogP contribution in [0.25, 0.3) is 0 Å². The number of hydrogen-bond acceptors (Lipinski definition) is 4. The van der Waals surface area contributed by atoms with Crippen LogP contribution < -0.4 is 5.32 Å². The Labute approximate surface area is 81.4 Å². The van der Waals surface area contributed by atoms with Crippen molar-refractivity contribution in [2.24, 2.45) is 7.05 Å². The second-order valence-corrected chi connectivity index (χ2v) is 2.97. The molecule has 2 aromatic rings. The molecule has 0 aliphatic carbocycles. The summed E-state index contributed by atoms with van der Waals surface area (Å²) in [5.74, 6) is 1.75. The number of aromatic amines is 1. The van der Waals surface area contributed by atoms with Gasteiger partial charge < -0.3 is 14.9 Å². The summed E-state index contributed by atoms with van der Waals surface area (Å²) in [5.41, 5.74) is 0. The molecule has 0 saturated carbocycles. The fourth-order valence-corrected chi connectivity index (χ4v) is 1.19. The Morgan fingerprint density at radius 3 is 3.14 bits per heavy atom. The minimum Gasteiger partial charge on any atom is -0.355 e. The third-order valence-electron chi connectivity index (χ3n) is 1.94. The molecule has 0 saturated heterocycles. The predicted octanol–water partition coefficient (Wildman–Crippen LogP) is 0.193. The van der Waals surface area contributed by atoms with Gasteiger partial charge in [0, 0.05) is 32.4 Å². The van der Waals surface area contributed by atoms with Crippen molar-refractivity contribution in [3.63, 3.8) is 0 Å². The highest BCUT2D eigenvalue weighted by atomic mass is 15.2. The molecule has 2 heterocycles. The lowest BCUT2D eigenvalue weighted by atomic mass is 10.4. The highest BCUT2D eigenvalue weighted by molar-refractivity contribution is 5.22. The van der Waals surface area contributed by atoms with Crippen LogP contribution in [-0.4, -0.2) is 31.3 Å². The molecular formula is C8H12N6. The van der Waals surface area contributed by atoms with Gasteiger partial charge in [0.05, 0.1) is 0 Å². The van der Waals surface area contributed by atoms with Crippen LogP contribution in [0.3, 0.4) is 0 Å². The van der Waals surface area contributed by atoms with E-state index in [4.69, 9.17) is 0 Å². The Morgan fingerprint density at radius 2 is 2.50 bits per heavy atom. The van der Waals surface area contributed by atoms with E-state index in [9.17, 15) is 0 Å². The zero-order valence-electron chi connectivity index (χ0n) is 7.94. The normalized spacial score (nSPS) is 10.4. The third kappa shape index (κ3) is 1.90. The molecule has 0 aliphatic heterocycles. The fraction of sp³-hybridized carbons (Fsp3) is 0.375. The molecule has 0 radical (unpaired) electrons. The predicted molar refractivity (Wildman–Crippen MR) is 51.8 cm³/mol. The van der Waals surface area contributed by atoms with Crippen molar-refractivity contribution in [3.8, 4) is 0 Å². The summed E-state index contributed by atoms with van der Waals surface area (Å²) in [6, 6.07) is 0. The maximum atomic E-state index is 4.05. The van der Waals surface area contributed by atoms with Crippen LogP contribution in [0.5, 0.6) is 0 Å². The van der Waals surface area contributed by atoms with E-state index in [2.05, 4.69) is 25.5 Å². The van der Waals surface area contributed by atoms with Gasteiger partial charge in [-0.15, -0.1) is 10.2 Å². The molecule has 2 N–H and O–H groups in total. The lowest BCUT2D eigenvalue weighted by Crippen LogP contribution is -2.09. The standard InChI is InChI=1S/C8H12N6/c1-14-6-12-13-7(14)2-3-9-8-10-4-5-11-8/h4-6H,2-3H2,1H3,(H2,9,10,11). The van der Waals surface area contributed by atoms with Crippen LogP contribution in [0.15, 0.2) is 18.7 Å². The Kier molecular flexibility index (Phi) is 2.44. The molecule has 0 aliphatic rings. The summed E-state index contributed by atoms with van der Waals surface area (Å²) in [6.07, 6.45) is 6.02. The molecular weight excluding hydrogens is 180 g/mol. The zero-order chi connectivity index (χ0) is 9.80. The van der Waals surface area contributed by atoms with Gasteiger partial charge in [-0.2, -0.15) is 0 Å². The van der Waals surface area contributed by atoms with Gasteiger partial charge in [0.1, 0.15) is 12.2 Å². The molecule has 0 unspecified atom stereocenters. The van der Waals surface area contributed by atoms with Crippen molar-refractivity contribution < 1.29 is 0 Å². The largest absolute Gasteiger partial charge is 0.355 e. The number of aromatic nitrogens is 5. The molecule has 6 nitrogen and oxygen atoms in total. The van der Waals surface area contributed by atoms with E-state index < -0.39 is 0 Å². The Bertz CT molecular complexity index is 376. The topological polar surface area (TPSA) is 71.4 Å². The van der Waals surface area contributed by atoms with Gasteiger partial charge >= 0.3 is 0 Å². The first-order chi connectivity index (χ1) is 6.86. The number of aryl methyl sites for hydroxylation is 1. The Balaban J connectivity index is 1.81. The summed E-state index contributed by atoms with van der Waals surface area (Å²) in [6.45, 7) is 0.792. The highest BCUT2D eigenvalue weighted by Gasteiger charge is 1.99. The van der Waals surface area contributed by atoms with Crippen LogP contribution in [0.4, 0.5) is 5.95 Å². The van der Waals surface area contributed by atoms with Gasteiger partial charge in [0.2, 0.25) is 0 Å². The smallest absolute Gasteiger partial charge is 0.200 e. The summed E-state index contributed by atoms with van der Waals surface area (Å²) in [4.78, 5) is 7.01. The third-order valence-corrected chi connectivity index (χ3v) is 1.94. The van der Waals surface area contributed by atoms with E-state index >= 15 is 0 Å². The van der Waals surface area contributed by atoms with Crippen LogP contribution in [-0.2, 0) is 13.5 Å². The number of rotatable bonds is 4. The molecule has 0 bridgehead atoms. The van der Waals surface area contributed by atoms with E-state index in [1.54, 1.807) is 18.7 Å². The quantitative estimate of drug-likeness (QED) is 0.725. The molecule has 0 amide bonds. The number of hydrogen-bond donors (Lipinski definition) is 2. The van der Waals surface area contributed by atoms with Gasteiger partial charge in [0.25, 0.3) is 0 Å². The molecule has 0 fully saturated rings. The highest BCUT2D eigenvalue weighted by Crippen LogP contribution is 1.97. The van der Waals surface area contributed by atoms with Crippen molar-refractivity contribution in [2.45, 2.75) is 6.42 Å². The molecule has 74 valence electrons. The average Bonchev–Trinajstić information content (AvgIpc) is 2.78. The first-order valence-electron chi connectivity index (χ1n) is 4.42. The summed E-state index contributed by atoms with van der Waals surface area (Å²) < 4.78 is 1.91. The van der Waals surface area contributed by atoms with Crippen molar-refractivity contribution >= 4 is 5.95 Å². The molecule has 2 rings (SSSR count). The molecule has 0 spiro atoms. The van der Waals surface area contributed by atoms with Gasteiger partial charge in [-0.1, -0.05) is 0 Å². The second-order valence-electron chi connectivity index (χ2n) is 2.97. The monoisotopic (exact) mass is 192 g/mol. The molecule has 14 heavy (non-hydrogen) atoms. The van der Waals surface area contributed by atoms with Crippen LogP contribution in [0, 0.1) is 0 Å². The average molecular weight is 192 g/mol. The van der Waals surface area contributed by atoms with E-state index in [0.717, 1.165) is 24.7 Å². The minimum atomic E-state index is 0.784. The second kappa shape index (κ2) is 3.91. The van der Waals surface area contributed by atoms with E-state index in [1.165, 1.54) is 0 Å². The first-order valence-corrected chi connectivity index (χ1v) is 4.42. The van der Waals surface area contributed by atoms with Gasteiger partial charge in [0.15, 0.2) is 5.95 Å². The molecule has 0 aromatic carbocycles. The summed E-state index contributed by atoms with van der Waals surface area (Å²) >= 11 is 0.